The number of nitrogens with zero attached hydrogens (tertiary/aromatic N) is 1. The molecule has 7 heteroatoms. The van der Waals surface area contributed by atoms with Crippen LogP contribution in [-0.2, 0) is 14.4 Å². The van der Waals surface area contributed by atoms with Crippen molar-refractivity contribution in [2.75, 3.05) is 0 Å². The first-order valence-electron chi connectivity index (χ1n) is 19.2. The molecule has 0 aromatic carbocycles. The molecule has 0 aliphatic rings. The van der Waals surface area contributed by atoms with Crippen LogP contribution in [0.5, 0.6) is 0 Å². The van der Waals surface area contributed by atoms with E-state index in [1.807, 2.05) is 0 Å². The lowest BCUT2D eigenvalue weighted by atomic mass is 10.1. The summed E-state index contributed by atoms with van der Waals surface area (Å²) in [5.41, 5.74) is 3.15. The predicted molar refractivity (Wildman–Crippen MR) is 205 cm³/mol. The average Bonchev–Trinajstić information content (AvgIpc) is 3.05. The van der Waals surface area contributed by atoms with Gasteiger partial charge in [-0.05, 0) is 77.0 Å². The molecule has 47 heavy (non-hydrogen) atoms. The van der Waals surface area contributed by atoms with Gasteiger partial charge in [0.1, 0.15) is 5.78 Å². The third-order valence-electron chi connectivity index (χ3n) is 7.03. The quantitative estimate of drug-likeness (QED) is 0.0541. The van der Waals surface area contributed by atoms with E-state index < -0.39 is 0 Å². The van der Waals surface area contributed by atoms with Crippen molar-refractivity contribution in [3.8, 4) is 0 Å². The maximum absolute atomic E-state index is 11.0. The van der Waals surface area contributed by atoms with Gasteiger partial charge in [-0.3, -0.25) is 14.4 Å². The Labute approximate surface area is 292 Å². The molecule has 0 aliphatic carbocycles. The number of allylic oxidation sites excluding steroid dienone is 4. The van der Waals surface area contributed by atoms with Crippen LogP contribution in [0.3, 0.4) is 0 Å². The molecule has 0 bridgehead atoms. The largest absolute Gasteiger partial charge is 0.411 e. The second-order valence-electron chi connectivity index (χ2n) is 12.2. The number of amides is 2. The Balaban J connectivity index is -0.000000264. The molecule has 0 aromatic rings. The Morgan fingerprint density at radius 2 is 0.787 bits per heavy atom. The summed E-state index contributed by atoms with van der Waals surface area (Å²) in [5, 5.41) is 17.6. The van der Waals surface area contributed by atoms with E-state index in [1.165, 1.54) is 25.7 Å². The van der Waals surface area contributed by atoms with Gasteiger partial charge in [-0.15, -0.1) is 0 Å². The number of rotatable bonds is 24. The lowest BCUT2D eigenvalue weighted by Gasteiger charge is -2.06. The number of unbranched alkanes of at least 4 members (excludes halogenated alkanes) is 8. The molecule has 0 fully saturated rings. The number of ketones is 1. The number of oxime groups is 1. The Morgan fingerprint density at radius 1 is 0.489 bits per heavy atom. The summed E-state index contributed by atoms with van der Waals surface area (Å²) in [6.45, 7) is 20.3. The molecule has 0 heterocycles. The molecule has 0 aromatic heterocycles. The third-order valence-corrected chi connectivity index (χ3v) is 7.03. The van der Waals surface area contributed by atoms with Crippen LogP contribution in [0, 0.1) is 0 Å². The van der Waals surface area contributed by atoms with E-state index in [0.717, 1.165) is 133 Å². The van der Waals surface area contributed by atoms with E-state index in [-0.39, 0.29) is 11.8 Å². The van der Waals surface area contributed by atoms with Gasteiger partial charge in [0.05, 0.1) is 5.71 Å². The van der Waals surface area contributed by atoms with Gasteiger partial charge in [0.25, 0.3) is 0 Å². The monoisotopic (exact) mass is 666 g/mol. The summed E-state index contributed by atoms with van der Waals surface area (Å²) in [6, 6.07) is 0. The van der Waals surface area contributed by atoms with Gasteiger partial charge in [-0.25, -0.2) is 0 Å². The second-order valence-corrected chi connectivity index (χ2v) is 12.2. The molecule has 0 spiro atoms. The molecule has 278 valence electrons. The van der Waals surface area contributed by atoms with Crippen LogP contribution < -0.4 is 10.6 Å². The fourth-order valence-electron chi connectivity index (χ4n) is 4.11. The molecule has 3 N–H and O–H groups in total. The highest BCUT2D eigenvalue weighted by molar-refractivity contribution is 5.83. The fraction of sp³-hybridized carbons (Fsp3) is 0.800. The van der Waals surface area contributed by atoms with Crippen LogP contribution in [-0.4, -0.2) is 28.5 Å². The normalized spacial score (nSPS) is 10.7. The van der Waals surface area contributed by atoms with Gasteiger partial charge in [0, 0.05) is 38.1 Å². The van der Waals surface area contributed by atoms with Crippen molar-refractivity contribution in [3.05, 3.63) is 23.5 Å². The number of nitrogens with one attached hydrogen (secondary N) is 2. The van der Waals surface area contributed by atoms with Crippen LogP contribution in [0.2, 0.25) is 0 Å². The third kappa shape index (κ3) is 48.1. The molecular weight excluding hydrogens is 586 g/mol. The van der Waals surface area contributed by atoms with Crippen LogP contribution in [0.1, 0.15) is 210 Å². The van der Waals surface area contributed by atoms with Gasteiger partial charge in [0.2, 0.25) is 11.8 Å². The molecule has 0 atom stereocenters. The van der Waals surface area contributed by atoms with Crippen LogP contribution >= 0.6 is 0 Å². The van der Waals surface area contributed by atoms with E-state index in [0.29, 0.717) is 5.78 Å². The van der Waals surface area contributed by atoms with Crippen molar-refractivity contribution in [1.29, 1.82) is 0 Å². The standard InChI is InChI=1S/2C11H21NO.C9H19NO.C9H18O/c2*1-4-6-8-11(9-7-5-2)12-10(3)13;1-3-5-7-9(10-11)8-6-4-2;1-3-5-7-9(10)8-6-4-2/h2*8H,4-7,9H2,1-3H3,(H,12,13);11H,3-8H2,1-2H3;3-8H2,1-2H3/b11-8+;11-8-;;. The minimum absolute atomic E-state index is 0.0402. The predicted octanol–water partition coefficient (Wildman–Crippen LogP) is 12.1. The Morgan fingerprint density at radius 3 is 1.04 bits per heavy atom. The highest BCUT2D eigenvalue weighted by Gasteiger charge is 2.00. The van der Waals surface area contributed by atoms with Crippen molar-refractivity contribution < 1.29 is 19.6 Å². The Kier molecular flexibility index (Phi) is 47.6. The maximum Gasteiger partial charge on any atom is 0.220 e. The number of hydrogen-bond acceptors (Lipinski definition) is 5. The first-order valence-corrected chi connectivity index (χ1v) is 19.2. The number of carbonyl (C=O) groups is 3. The number of carbonyl (C=O) groups excluding carboxylic acids is 3. The topological polar surface area (TPSA) is 108 Å². The summed E-state index contributed by atoms with van der Waals surface area (Å²) in [7, 11) is 0. The van der Waals surface area contributed by atoms with Crippen LogP contribution in [0.4, 0.5) is 0 Å². The van der Waals surface area contributed by atoms with E-state index in [4.69, 9.17) is 5.21 Å². The highest BCUT2D eigenvalue weighted by Crippen LogP contribution is 2.08. The zero-order valence-electron chi connectivity index (χ0n) is 32.8. The summed E-state index contributed by atoms with van der Waals surface area (Å²) in [5.74, 6) is 0.528. The van der Waals surface area contributed by atoms with E-state index in [9.17, 15) is 14.4 Å². The van der Waals surface area contributed by atoms with Crippen molar-refractivity contribution in [2.45, 2.75) is 210 Å². The van der Waals surface area contributed by atoms with E-state index in [1.54, 1.807) is 13.8 Å². The minimum Gasteiger partial charge on any atom is -0.411 e. The Hall–Kier alpha value is -2.44. The van der Waals surface area contributed by atoms with Gasteiger partial charge < -0.3 is 15.8 Å². The summed E-state index contributed by atoms with van der Waals surface area (Å²) in [4.78, 5) is 32.6. The summed E-state index contributed by atoms with van der Waals surface area (Å²) < 4.78 is 0. The minimum atomic E-state index is 0.0402. The summed E-state index contributed by atoms with van der Waals surface area (Å²) in [6.07, 6.45) is 27.9. The van der Waals surface area contributed by atoms with Crippen molar-refractivity contribution in [3.63, 3.8) is 0 Å². The smallest absolute Gasteiger partial charge is 0.220 e. The Bertz CT molecular complexity index is 743. The first-order chi connectivity index (χ1) is 22.6. The number of hydrogen-bond donors (Lipinski definition) is 3. The van der Waals surface area contributed by atoms with Crippen molar-refractivity contribution in [2.24, 2.45) is 5.16 Å². The molecule has 0 saturated heterocycles. The van der Waals surface area contributed by atoms with Crippen molar-refractivity contribution >= 4 is 23.3 Å². The maximum atomic E-state index is 11.0. The molecule has 0 unspecified atom stereocenters. The van der Waals surface area contributed by atoms with Gasteiger partial charge in [-0.2, -0.15) is 0 Å². The van der Waals surface area contributed by atoms with Crippen LogP contribution in [0.25, 0.3) is 0 Å². The van der Waals surface area contributed by atoms with E-state index in [2.05, 4.69) is 83.3 Å². The molecule has 2 amide bonds. The zero-order valence-corrected chi connectivity index (χ0v) is 32.8. The highest BCUT2D eigenvalue weighted by atomic mass is 16.4. The molecule has 0 saturated carbocycles. The van der Waals surface area contributed by atoms with E-state index >= 15 is 0 Å². The second kappa shape index (κ2) is 43.6. The fourth-order valence-corrected chi connectivity index (χ4v) is 4.11. The van der Waals surface area contributed by atoms with Gasteiger partial charge >= 0.3 is 0 Å². The number of Topliss-reactive ketones (excluding diaryl/α,β-unsaturated/α-hetero) is 1. The molecule has 7 nitrogen and oxygen atoms in total. The molecule has 0 aliphatic heterocycles. The summed E-state index contributed by atoms with van der Waals surface area (Å²) >= 11 is 0. The molecule has 0 rings (SSSR count). The van der Waals surface area contributed by atoms with Gasteiger partial charge in [0.15, 0.2) is 0 Å². The zero-order chi connectivity index (χ0) is 36.6. The average molecular weight is 666 g/mol. The SMILES string of the molecule is CCC/C=C(/CCCC)NC(C)=O.CCC/C=C(\CCCC)NC(C)=O.CCCCC(=O)CCCC.CCCCC(CCCC)=NO. The molecular formula is C40H79N3O4. The van der Waals surface area contributed by atoms with Crippen molar-refractivity contribution in [1.82, 2.24) is 10.6 Å². The van der Waals surface area contributed by atoms with Gasteiger partial charge in [-0.1, -0.05) is 124 Å². The first kappa shape index (κ1) is 51.4. The molecule has 0 radical (unpaired) electrons. The van der Waals surface area contributed by atoms with Crippen LogP contribution in [0.15, 0.2) is 28.7 Å². The lowest BCUT2D eigenvalue weighted by molar-refractivity contribution is -0.119. The lowest BCUT2D eigenvalue weighted by Crippen LogP contribution is -2.19.